The molecule has 0 aliphatic heterocycles. The SMILES string of the molecule is CC(=O)O.OCC(O)C(O)CO. The van der Waals surface area contributed by atoms with E-state index in [1.807, 2.05) is 0 Å². The summed E-state index contributed by atoms with van der Waals surface area (Å²) < 4.78 is 0. The fraction of sp³-hybridized carbons (Fsp3) is 0.833. The summed E-state index contributed by atoms with van der Waals surface area (Å²) in [6.07, 6.45) is -2.44. The van der Waals surface area contributed by atoms with Gasteiger partial charge in [0, 0.05) is 6.92 Å². The zero-order valence-corrected chi connectivity index (χ0v) is 6.71. The molecule has 0 fully saturated rings. The molecule has 0 aromatic carbocycles. The van der Waals surface area contributed by atoms with Gasteiger partial charge in [0.25, 0.3) is 5.97 Å². The Hall–Kier alpha value is -0.690. The molecule has 0 bridgehead atoms. The lowest BCUT2D eigenvalue weighted by molar-refractivity contribution is -0.134. The van der Waals surface area contributed by atoms with E-state index in [2.05, 4.69) is 0 Å². The summed E-state index contributed by atoms with van der Waals surface area (Å²) in [7, 11) is 0. The number of aliphatic hydroxyl groups excluding tert-OH is 4. The highest BCUT2D eigenvalue weighted by atomic mass is 16.4. The highest BCUT2D eigenvalue weighted by molar-refractivity contribution is 5.62. The molecule has 74 valence electrons. The van der Waals surface area contributed by atoms with Gasteiger partial charge < -0.3 is 25.5 Å². The van der Waals surface area contributed by atoms with Crippen molar-refractivity contribution in [2.75, 3.05) is 13.2 Å². The number of carbonyl (C=O) groups is 1. The molecule has 5 N–H and O–H groups in total. The van der Waals surface area contributed by atoms with Crippen LogP contribution in [0.5, 0.6) is 0 Å². The van der Waals surface area contributed by atoms with Gasteiger partial charge in [-0.25, -0.2) is 0 Å². The van der Waals surface area contributed by atoms with E-state index in [0.717, 1.165) is 6.92 Å². The number of carboxylic acid groups (broad SMARTS) is 1. The van der Waals surface area contributed by atoms with Crippen molar-refractivity contribution in [1.82, 2.24) is 0 Å². The van der Waals surface area contributed by atoms with E-state index in [0.29, 0.717) is 0 Å². The number of rotatable bonds is 3. The first-order valence-corrected chi connectivity index (χ1v) is 3.23. The quantitative estimate of drug-likeness (QED) is 0.337. The van der Waals surface area contributed by atoms with Crippen molar-refractivity contribution in [1.29, 1.82) is 0 Å². The second-order valence-corrected chi connectivity index (χ2v) is 2.02. The van der Waals surface area contributed by atoms with Crippen LogP contribution in [0.4, 0.5) is 0 Å². The highest BCUT2D eigenvalue weighted by Gasteiger charge is 2.12. The maximum Gasteiger partial charge on any atom is 0.300 e. The molecule has 0 aliphatic carbocycles. The van der Waals surface area contributed by atoms with Gasteiger partial charge in [0.05, 0.1) is 13.2 Å². The zero-order chi connectivity index (χ0) is 10.1. The maximum absolute atomic E-state index is 9.00. The van der Waals surface area contributed by atoms with Crippen LogP contribution >= 0.6 is 0 Å². The van der Waals surface area contributed by atoms with Gasteiger partial charge in [-0.1, -0.05) is 0 Å². The Morgan fingerprint density at radius 1 is 1.17 bits per heavy atom. The average molecular weight is 182 g/mol. The molecule has 0 radical (unpaired) electrons. The molecule has 6 nitrogen and oxygen atoms in total. The Bertz CT molecular complexity index is 103. The first-order chi connectivity index (χ1) is 5.45. The molecule has 0 spiro atoms. The summed E-state index contributed by atoms with van der Waals surface area (Å²) in [5.74, 6) is -0.833. The van der Waals surface area contributed by atoms with E-state index in [-0.39, 0.29) is 0 Å². The van der Waals surface area contributed by atoms with Gasteiger partial charge in [-0.15, -0.1) is 0 Å². The Labute approximate surface area is 69.7 Å². The van der Waals surface area contributed by atoms with Crippen LogP contribution < -0.4 is 0 Å². The summed E-state index contributed by atoms with van der Waals surface area (Å²) in [6, 6.07) is 0. The van der Waals surface area contributed by atoms with Gasteiger partial charge in [-0.05, 0) is 0 Å². The molecule has 0 saturated heterocycles. The van der Waals surface area contributed by atoms with Gasteiger partial charge in [0.15, 0.2) is 0 Å². The molecule has 0 aromatic rings. The van der Waals surface area contributed by atoms with Crippen LogP contribution in [0, 0.1) is 0 Å². The minimum Gasteiger partial charge on any atom is -0.481 e. The average Bonchev–Trinajstić information content (AvgIpc) is 2.00. The second kappa shape index (κ2) is 8.41. The van der Waals surface area contributed by atoms with Gasteiger partial charge in [-0.2, -0.15) is 0 Å². The lowest BCUT2D eigenvalue weighted by Crippen LogP contribution is -2.31. The van der Waals surface area contributed by atoms with Crippen LogP contribution in [0.25, 0.3) is 0 Å². The molecular formula is C6H14O6. The largest absolute Gasteiger partial charge is 0.481 e. The number of hydrogen-bond acceptors (Lipinski definition) is 5. The lowest BCUT2D eigenvalue weighted by atomic mass is 10.2. The first kappa shape index (κ1) is 13.9. The normalized spacial score (nSPS) is 14.1. The van der Waals surface area contributed by atoms with Gasteiger partial charge in [0.2, 0.25) is 0 Å². The topological polar surface area (TPSA) is 118 Å². The third-order valence-corrected chi connectivity index (χ3v) is 0.818. The van der Waals surface area contributed by atoms with Gasteiger partial charge >= 0.3 is 0 Å². The Balaban J connectivity index is 0. The zero-order valence-electron chi connectivity index (χ0n) is 6.71. The molecule has 2 atom stereocenters. The highest BCUT2D eigenvalue weighted by Crippen LogP contribution is 1.88. The molecule has 6 heteroatoms. The summed E-state index contributed by atoms with van der Waals surface area (Å²) in [5.41, 5.74) is 0. The van der Waals surface area contributed by atoms with Crippen LogP contribution in [0.3, 0.4) is 0 Å². The van der Waals surface area contributed by atoms with Crippen LogP contribution in [0.1, 0.15) is 6.92 Å². The van der Waals surface area contributed by atoms with Crippen LogP contribution in [0.2, 0.25) is 0 Å². The predicted octanol–water partition coefficient (Wildman–Crippen LogP) is -2.22. The van der Waals surface area contributed by atoms with Gasteiger partial charge in [0.1, 0.15) is 12.2 Å². The minimum absolute atomic E-state index is 0.526. The molecule has 0 heterocycles. The van der Waals surface area contributed by atoms with Crippen LogP contribution in [-0.4, -0.2) is 56.9 Å². The van der Waals surface area contributed by atoms with E-state index >= 15 is 0 Å². The minimum atomic E-state index is -1.22. The molecule has 0 rings (SSSR count). The number of hydrogen-bond donors (Lipinski definition) is 5. The van der Waals surface area contributed by atoms with Gasteiger partial charge in [-0.3, -0.25) is 4.79 Å². The van der Waals surface area contributed by atoms with Crippen LogP contribution in [-0.2, 0) is 4.79 Å². The summed E-state index contributed by atoms with van der Waals surface area (Å²) in [6.45, 7) is 0.0312. The third kappa shape index (κ3) is 12.0. The third-order valence-electron chi connectivity index (χ3n) is 0.818. The summed E-state index contributed by atoms with van der Waals surface area (Å²) >= 11 is 0. The smallest absolute Gasteiger partial charge is 0.300 e. The van der Waals surface area contributed by atoms with Crippen molar-refractivity contribution >= 4 is 5.97 Å². The molecule has 0 aliphatic rings. The monoisotopic (exact) mass is 182 g/mol. The van der Waals surface area contributed by atoms with E-state index in [9.17, 15) is 0 Å². The Kier molecular flexibility index (Phi) is 9.72. The molecule has 0 amide bonds. The Morgan fingerprint density at radius 3 is 1.42 bits per heavy atom. The summed E-state index contributed by atoms with van der Waals surface area (Å²) in [5, 5.41) is 40.6. The Morgan fingerprint density at radius 2 is 1.33 bits per heavy atom. The first-order valence-electron chi connectivity index (χ1n) is 3.23. The molecule has 12 heavy (non-hydrogen) atoms. The fourth-order valence-corrected chi connectivity index (χ4v) is 0.243. The maximum atomic E-state index is 9.00. The van der Waals surface area contributed by atoms with Crippen molar-refractivity contribution in [2.45, 2.75) is 19.1 Å². The molecule has 0 aromatic heterocycles. The van der Waals surface area contributed by atoms with Crippen molar-refractivity contribution in [2.24, 2.45) is 0 Å². The van der Waals surface area contributed by atoms with E-state index in [1.54, 1.807) is 0 Å². The van der Waals surface area contributed by atoms with Crippen molar-refractivity contribution in [3.05, 3.63) is 0 Å². The van der Waals surface area contributed by atoms with E-state index in [1.165, 1.54) is 0 Å². The number of carboxylic acids is 1. The number of aliphatic hydroxyl groups is 4. The van der Waals surface area contributed by atoms with Crippen molar-refractivity contribution in [3.63, 3.8) is 0 Å². The van der Waals surface area contributed by atoms with Crippen molar-refractivity contribution < 1.29 is 30.3 Å². The molecule has 0 saturated carbocycles. The summed E-state index contributed by atoms with van der Waals surface area (Å²) in [4.78, 5) is 9.00. The number of aliphatic carboxylic acids is 1. The predicted molar refractivity (Wildman–Crippen MR) is 39.5 cm³/mol. The standard InChI is InChI=1S/C4H10O4.C2H4O2/c5-1-3(7)4(8)2-6;1-2(3)4/h3-8H,1-2H2;1H3,(H,3,4). The second-order valence-electron chi connectivity index (χ2n) is 2.02. The molecular weight excluding hydrogens is 168 g/mol. The van der Waals surface area contributed by atoms with Crippen molar-refractivity contribution in [3.8, 4) is 0 Å². The molecule has 2 unspecified atom stereocenters. The lowest BCUT2D eigenvalue weighted by Gasteiger charge is -2.10. The fourth-order valence-electron chi connectivity index (χ4n) is 0.243. The van der Waals surface area contributed by atoms with E-state index < -0.39 is 31.4 Å². The van der Waals surface area contributed by atoms with E-state index in [4.69, 9.17) is 30.3 Å². The van der Waals surface area contributed by atoms with Crippen LogP contribution in [0.15, 0.2) is 0 Å².